The topological polar surface area (TPSA) is 38.5 Å². The van der Waals surface area contributed by atoms with Crippen LogP contribution >= 0.6 is 0 Å². The number of anilines is 1. The minimum absolute atomic E-state index is 0.170. The van der Waals surface area contributed by atoms with Gasteiger partial charge in [0, 0.05) is 32.4 Å². The summed E-state index contributed by atoms with van der Waals surface area (Å²) in [6.45, 7) is 8.56. The molecule has 0 aliphatic rings. The van der Waals surface area contributed by atoms with Crippen LogP contribution in [0.4, 0.5) is 5.69 Å². The van der Waals surface area contributed by atoms with Crippen molar-refractivity contribution in [1.82, 2.24) is 0 Å². The van der Waals surface area contributed by atoms with Crippen LogP contribution in [0.25, 0.3) is 0 Å². The Bertz CT molecular complexity index is 345. The van der Waals surface area contributed by atoms with Gasteiger partial charge in [-0.3, -0.25) is 0 Å². The van der Waals surface area contributed by atoms with Crippen molar-refractivity contribution in [3.63, 3.8) is 0 Å². The number of hydrogen-bond donors (Lipinski definition) is 1. The number of aryl methyl sites for hydroxylation is 2. The molecule has 0 amide bonds. The number of benzene rings is 1. The molecule has 1 atom stereocenters. The van der Waals surface area contributed by atoms with Crippen LogP contribution in [0.2, 0.25) is 0 Å². The molecule has 0 spiro atoms. The SMILES string of the molecule is CCOC(CN)CCN(C)c1cc(C)cc(C)c1. The van der Waals surface area contributed by atoms with Gasteiger partial charge in [0.05, 0.1) is 6.10 Å². The lowest BCUT2D eigenvalue weighted by molar-refractivity contribution is 0.0646. The maximum atomic E-state index is 5.69. The summed E-state index contributed by atoms with van der Waals surface area (Å²) in [5.41, 5.74) is 9.56. The third-order valence-corrected chi connectivity index (χ3v) is 3.10. The smallest absolute Gasteiger partial charge is 0.0713 e. The van der Waals surface area contributed by atoms with Crippen molar-refractivity contribution in [2.24, 2.45) is 5.73 Å². The van der Waals surface area contributed by atoms with Gasteiger partial charge in [-0.25, -0.2) is 0 Å². The summed E-state index contributed by atoms with van der Waals surface area (Å²) in [6.07, 6.45) is 1.14. The van der Waals surface area contributed by atoms with E-state index >= 15 is 0 Å². The van der Waals surface area contributed by atoms with Crippen molar-refractivity contribution in [3.8, 4) is 0 Å². The van der Waals surface area contributed by atoms with Crippen LogP contribution in [0.1, 0.15) is 24.5 Å². The molecule has 1 unspecified atom stereocenters. The fourth-order valence-corrected chi connectivity index (χ4v) is 2.14. The highest BCUT2D eigenvalue weighted by molar-refractivity contribution is 5.50. The monoisotopic (exact) mass is 250 g/mol. The molecule has 18 heavy (non-hydrogen) atoms. The first-order chi connectivity index (χ1) is 8.56. The predicted molar refractivity (Wildman–Crippen MR) is 78.3 cm³/mol. The molecular weight excluding hydrogens is 224 g/mol. The van der Waals surface area contributed by atoms with Crippen molar-refractivity contribution in [1.29, 1.82) is 0 Å². The van der Waals surface area contributed by atoms with Crippen LogP contribution in [0, 0.1) is 13.8 Å². The summed E-state index contributed by atoms with van der Waals surface area (Å²) in [7, 11) is 2.12. The molecule has 102 valence electrons. The Morgan fingerprint density at radius 1 is 1.22 bits per heavy atom. The Labute approximate surface area is 111 Å². The minimum atomic E-state index is 0.170. The molecule has 3 heteroatoms. The highest BCUT2D eigenvalue weighted by Crippen LogP contribution is 2.18. The first-order valence-electron chi connectivity index (χ1n) is 6.68. The van der Waals surface area contributed by atoms with Gasteiger partial charge in [0.1, 0.15) is 0 Å². The third kappa shape index (κ3) is 4.67. The predicted octanol–water partition coefficient (Wildman–Crippen LogP) is 2.49. The molecule has 0 aromatic heterocycles. The van der Waals surface area contributed by atoms with Crippen molar-refractivity contribution in [3.05, 3.63) is 29.3 Å². The van der Waals surface area contributed by atoms with Gasteiger partial charge in [-0.1, -0.05) is 6.07 Å². The van der Waals surface area contributed by atoms with Crippen LogP contribution in [0.3, 0.4) is 0 Å². The van der Waals surface area contributed by atoms with E-state index in [2.05, 4.69) is 44.0 Å². The molecule has 0 radical (unpaired) electrons. The molecule has 1 aromatic rings. The zero-order valence-electron chi connectivity index (χ0n) is 12.1. The fraction of sp³-hybridized carbons (Fsp3) is 0.600. The van der Waals surface area contributed by atoms with E-state index in [1.807, 2.05) is 6.92 Å². The fourth-order valence-electron chi connectivity index (χ4n) is 2.14. The van der Waals surface area contributed by atoms with Crippen LogP contribution in [0.5, 0.6) is 0 Å². The molecule has 0 saturated carbocycles. The molecular formula is C15H26N2O. The quantitative estimate of drug-likeness (QED) is 0.808. The van der Waals surface area contributed by atoms with Crippen LogP contribution in [-0.4, -0.2) is 32.8 Å². The normalized spacial score (nSPS) is 12.5. The Morgan fingerprint density at radius 2 is 1.83 bits per heavy atom. The number of nitrogens with two attached hydrogens (primary N) is 1. The summed E-state index contributed by atoms with van der Waals surface area (Å²) in [4.78, 5) is 2.27. The highest BCUT2D eigenvalue weighted by Gasteiger charge is 2.08. The van der Waals surface area contributed by atoms with Gasteiger partial charge in [0.2, 0.25) is 0 Å². The molecule has 3 nitrogen and oxygen atoms in total. The van der Waals surface area contributed by atoms with Gasteiger partial charge in [0.15, 0.2) is 0 Å². The van der Waals surface area contributed by atoms with Crippen LogP contribution in [-0.2, 0) is 4.74 Å². The summed E-state index contributed by atoms with van der Waals surface area (Å²) in [6, 6.07) is 6.62. The van der Waals surface area contributed by atoms with Gasteiger partial charge in [-0.15, -0.1) is 0 Å². The summed E-state index contributed by atoms with van der Waals surface area (Å²) < 4.78 is 5.57. The second-order valence-electron chi connectivity index (χ2n) is 4.87. The Hall–Kier alpha value is -1.06. The number of hydrogen-bond acceptors (Lipinski definition) is 3. The first kappa shape index (κ1) is 15.0. The second-order valence-corrected chi connectivity index (χ2v) is 4.87. The van der Waals surface area contributed by atoms with Gasteiger partial charge >= 0.3 is 0 Å². The zero-order chi connectivity index (χ0) is 13.5. The maximum absolute atomic E-state index is 5.69. The molecule has 0 heterocycles. The zero-order valence-corrected chi connectivity index (χ0v) is 12.1. The van der Waals surface area contributed by atoms with Crippen molar-refractivity contribution >= 4 is 5.69 Å². The Balaban J connectivity index is 2.56. The summed E-state index contributed by atoms with van der Waals surface area (Å²) in [5.74, 6) is 0. The van der Waals surface area contributed by atoms with E-state index in [9.17, 15) is 0 Å². The van der Waals surface area contributed by atoms with Gasteiger partial charge < -0.3 is 15.4 Å². The van der Waals surface area contributed by atoms with Gasteiger partial charge in [-0.05, 0) is 50.5 Å². The number of nitrogens with zero attached hydrogens (tertiary/aromatic N) is 1. The lowest BCUT2D eigenvalue weighted by atomic mass is 10.1. The number of ether oxygens (including phenoxy) is 1. The third-order valence-electron chi connectivity index (χ3n) is 3.10. The van der Waals surface area contributed by atoms with Crippen molar-refractivity contribution in [2.45, 2.75) is 33.3 Å². The van der Waals surface area contributed by atoms with Crippen molar-refractivity contribution < 1.29 is 4.74 Å². The van der Waals surface area contributed by atoms with Crippen LogP contribution < -0.4 is 10.6 Å². The van der Waals surface area contributed by atoms with E-state index in [-0.39, 0.29) is 6.10 Å². The van der Waals surface area contributed by atoms with Gasteiger partial charge in [-0.2, -0.15) is 0 Å². The average molecular weight is 250 g/mol. The largest absolute Gasteiger partial charge is 0.377 e. The molecule has 1 rings (SSSR count). The second kappa shape index (κ2) is 7.39. The van der Waals surface area contributed by atoms with E-state index in [1.54, 1.807) is 0 Å². The lowest BCUT2D eigenvalue weighted by Gasteiger charge is -2.23. The van der Waals surface area contributed by atoms with Gasteiger partial charge in [0.25, 0.3) is 0 Å². The van der Waals surface area contributed by atoms with E-state index in [0.29, 0.717) is 6.54 Å². The first-order valence-corrected chi connectivity index (χ1v) is 6.68. The Kier molecular flexibility index (Phi) is 6.16. The average Bonchev–Trinajstić information content (AvgIpc) is 2.32. The van der Waals surface area contributed by atoms with E-state index in [1.165, 1.54) is 16.8 Å². The molecule has 0 fully saturated rings. The minimum Gasteiger partial charge on any atom is -0.377 e. The molecule has 0 aliphatic carbocycles. The summed E-state index contributed by atoms with van der Waals surface area (Å²) in [5, 5.41) is 0. The van der Waals surface area contributed by atoms with E-state index in [0.717, 1.165) is 19.6 Å². The molecule has 1 aromatic carbocycles. The molecule has 0 bridgehead atoms. The van der Waals surface area contributed by atoms with E-state index in [4.69, 9.17) is 10.5 Å². The Morgan fingerprint density at radius 3 is 2.33 bits per heavy atom. The molecule has 0 saturated heterocycles. The van der Waals surface area contributed by atoms with E-state index < -0.39 is 0 Å². The molecule has 0 aliphatic heterocycles. The lowest BCUT2D eigenvalue weighted by Crippen LogP contribution is -2.29. The number of rotatable bonds is 7. The standard InChI is InChI=1S/C15H26N2O/c1-5-18-15(11-16)6-7-17(4)14-9-12(2)8-13(3)10-14/h8-10,15H,5-7,11,16H2,1-4H3. The molecule has 2 N–H and O–H groups in total. The highest BCUT2D eigenvalue weighted by atomic mass is 16.5. The van der Waals surface area contributed by atoms with Crippen LogP contribution in [0.15, 0.2) is 18.2 Å². The maximum Gasteiger partial charge on any atom is 0.0713 e. The summed E-state index contributed by atoms with van der Waals surface area (Å²) >= 11 is 0. The van der Waals surface area contributed by atoms with Crippen molar-refractivity contribution in [2.75, 3.05) is 31.6 Å².